The second-order valence-electron chi connectivity index (χ2n) is 5.71. The van der Waals surface area contributed by atoms with E-state index < -0.39 is 17.2 Å². The minimum absolute atomic E-state index is 0.119. The van der Waals surface area contributed by atoms with Gasteiger partial charge in [-0.15, -0.1) is 0 Å². The number of nitrogens with zero attached hydrogens (tertiary/aromatic N) is 1. The molecule has 5 nitrogen and oxygen atoms in total. The fourth-order valence-electron chi connectivity index (χ4n) is 3.55. The molecule has 1 aliphatic carbocycles. The van der Waals surface area contributed by atoms with Gasteiger partial charge in [0.2, 0.25) is 0 Å². The molecule has 1 aromatic heterocycles. The number of cyclic esters (lactones) is 1. The van der Waals surface area contributed by atoms with Gasteiger partial charge in [-0.05, 0) is 18.9 Å². The highest BCUT2D eigenvalue weighted by Gasteiger charge is 2.57. The van der Waals surface area contributed by atoms with Gasteiger partial charge in [-0.25, -0.2) is 4.79 Å². The summed E-state index contributed by atoms with van der Waals surface area (Å²) in [4.78, 5) is 36.5. The normalized spacial score (nSPS) is 24.7. The van der Waals surface area contributed by atoms with Crippen LogP contribution in [0, 0.1) is 5.41 Å². The molecule has 1 atom stereocenters. The van der Waals surface area contributed by atoms with Crippen molar-refractivity contribution in [2.75, 3.05) is 6.61 Å². The van der Waals surface area contributed by atoms with E-state index in [0.717, 1.165) is 16.6 Å². The van der Waals surface area contributed by atoms with Crippen molar-refractivity contribution in [1.29, 1.82) is 0 Å². The second kappa shape index (κ2) is 3.81. The number of esters is 1. The van der Waals surface area contributed by atoms with Crippen molar-refractivity contribution in [1.82, 2.24) is 4.57 Å². The Morgan fingerprint density at radius 2 is 1.90 bits per heavy atom. The largest absolute Gasteiger partial charge is 0.458 e. The van der Waals surface area contributed by atoms with Crippen molar-refractivity contribution in [3.05, 3.63) is 35.5 Å². The summed E-state index contributed by atoms with van der Waals surface area (Å²) in [6, 6.07) is 7.62. The smallest absolute Gasteiger partial charge is 0.375 e. The zero-order valence-corrected chi connectivity index (χ0v) is 11.5. The molecule has 1 saturated heterocycles. The van der Waals surface area contributed by atoms with Crippen LogP contribution in [0.15, 0.2) is 24.3 Å². The van der Waals surface area contributed by atoms with Crippen LogP contribution in [0.2, 0.25) is 0 Å². The van der Waals surface area contributed by atoms with Gasteiger partial charge in [0, 0.05) is 29.2 Å². The van der Waals surface area contributed by atoms with E-state index in [4.69, 9.17) is 4.74 Å². The second-order valence-corrected chi connectivity index (χ2v) is 5.71. The number of carbonyl (C=O) groups excluding carboxylic acids is 3. The number of ketones is 2. The summed E-state index contributed by atoms with van der Waals surface area (Å²) in [6.07, 6.45) is 0.933. The summed E-state index contributed by atoms with van der Waals surface area (Å²) in [5.41, 5.74) is 1.17. The van der Waals surface area contributed by atoms with E-state index in [9.17, 15) is 14.4 Å². The Kier molecular flexibility index (Phi) is 2.24. The molecule has 0 saturated carbocycles. The van der Waals surface area contributed by atoms with Crippen LogP contribution in [0.4, 0.5) is 0 Å². The first-order valence-electron chi connectivity index (χ1n) is 6.89. The van der Waals surface area contributed by atoms with Gasteiger partial charge in [-0.3, -0.25) is 9.59 Å². The first-order valence-corrected chi connectivity index (χ1v) is 6.89. The zero-order chi connectivity index (χ0) is 14.8. The summed E-state index contributed by atoms with van der Waals surface area (Å²) < 4.78 is 6.84. The molecule has 0 amide bonds. The number of fused-ring (bicyclic) bond motifs is 3. The molecule has 21 heavy (non-hydrogen) atoms. The molecular weight excluding hydrogens is 270 g/mol. The van der Waals surface area contributed by atoms with Gasteiger partial charge in [0.05, 0.1) is 0 Å². The number of aromatic nitrogens is 1. The van der Waals surface area contributed by atoms with Crippen molar-refractivity contribution in [2.24, 2.45) is 12.5 Å². The number of rotatable bonds is 0. The van der Waals surface area contributed by atoms with Crippen LogP contribution in [-0.2, 0) is 27.8 Å². The van der Waals surface area contributed by atoms with Gasteiger partial charge in [-0.2, -0.15) is 0 Å². The van der Waals surface area contributed by atoms with Crippen molar-refractivity contribution in [3.8, 4) is 0 Å². The van der Waals surface area contributed by atoms with E-state index in [-0.39, 0.29) is 12.4 Å². The Morgan fingerprint density at radius 3 is 2.62 bits per heavy atom. The lowest BCUT2D eigenvalue weighted by Crippen LogP contribution is -2.43. The molecule has 2 aliphatic rings. The highest BCUT2D eigenvalue weighted by atomic mass is 16.5. The SMILES string of the molecule is Cn1c2c(c3ccccc31)C(=O)C1(CC2)COC(=O)C1=O. The van der Waals surface area contributed by atoms with Crippen LogP contribution < -0.4 is 0 Å². The molecule has 1 aliphatic heterocycles. The van der Waals surface area contributed by atoms with Crippen LogP contribution in [0.3, 0.4) is 0 Å². The summed E-state index contributed by atoms with van der Waals surface area (Å²) in [6.45, 7) is -0.119. The van der Waals surface area contributed by atoms with Crippen LogP contribution >= 0.6 is 0 Å². The van der Waals surface area contributed by atoms with Crippen LogP contribution in [-0.4, -0.2) is 28.7 Å². The van der Waals surface area contributed by atoms with Crippen LogP contribution in [0.1, 0.15) is 22.5 Å². The van der Waals surface area contributed by atoms with E-state index in [2.05, 4.69) is 0 Å². The summed E-state index contributed by atoms with van der Waals surface area (Å²) in [5, 5.41) is 0.839. The number of benzene rings is 1. The molecule has 4 rings (SSSR count). The molecule has 5 heteroatoms. The average molecular weight is 283 g/mol. The zero-order valence-electron chi connectivity index (χ0n) is 11.5. The highest BCUT2D eigenvalue weighted by molar-refractivity contribution is 6.44. The number of ether oxygens (including phenoxy) is 1. The van der Waals surface area contributed by atoms with Gasteiger partial charge in [0.25, 0.3) is 5.78 Å². The Labute approximate surface area is 120 Å². The molecule has 1 aromatic carbocycles. The van der Waals surface area contributed by atoms with Gasteiger partial charge >= 0.3 is 5.97 Å². The van der Waals surface area contributed by atoms with E-state index in [1.807, 2.05) is 35.9 Å². The lowest BCUT2D eigenvalue weighted by atomic mass is 9.70. The van der Waals surface area contributed by atoms with Gasteiger partial charge < -0.3 is 9.30 Å². The minimum atomic E-state index is -1.30. The fourth-order valence-corrected chi connectivity index (χ4v) is 3.55. The topological polar surface area (TPSA) is 65.4 Å². The molecule has 106 valence electrons. The van der Waals surface area contributed by atoms with Crippen molar-refractivity contribution in [2.45, 2.75) is 12.8 Å². The predicted molar refractivity (Wildman–Crippen MR) is 74.0 cm³/mol. The summed E-state index contributed by atoms with van der Waals surface area (Å²) >= 11 is 0. The standard InChI is InChI=1S/C16H13NO4/c1-17-10-5-3-2-4-9(10)12-11(17)6-7-16(13(12)18)8-21-15(20)14(16)19/h2-5H,6-8H2,1H3. The van der Waals surface area contributed by atoms with Crippen LogP contribution in [0.5, 0.6) is 0 Å². The van der Waals surface area contributed by atoms with E-state index in [0.29, 0.717) is 18.4 Å². The fraction of sp³-hybridized carbons (Fsp3) is 0.312. The Hall–Kier alpha value is -2.43. The molecular formula is C16H13NO4. The van der Waals surface area contributed by atoms with Crippen molar-refractivity contribution < 1.29 is 19.1 Å². The Bertz CT molecular complexity index is 832. The number of hydrogen-bond acceptors (Lipinski definition) is 4. The molecule has 0 radical (unpaired) electrons. The minimum Gasteiger partial charge on any atom is -0.458 e. The summed E-state index contributed by atoms with van der Waals surface area (Å²) in [7, 11) is 1.92. The van der Waals surface area contributed by atoms with Gasteiger partial charge in [-0.1, -0.05) is 18.2 Å². The Morgan fingerprint density at radius 1 is 1.14 bits per heavy atom. The Balaban J connectivity index is 1.99. The molecule has 1 spiro atoms. The third-order valence-corrected chi connectivity index (χ3v) is 4.75. The number of aryl methyl sites for hydroxylation is 1. The molecule has 2 heterocycles. The maximum Gasteiger partial charge on any atom is 0.375 e. The lowest BCUT2D eigenvalue weighted by molar-refractivity contribution is -0.147. The average Bonchev–Trinajstić information content (AvgIpc) is 2.95. The number of hydrogen-bond donors (Lipinski definition) is 0. The quantitative estimate of drug-likeness (QED) is 0.416. The highest BCUT2D eigenvalue weighted by Crippen LogP contribution is 2.43. The molecule has 0 bridgehead atoms. The van der Waals surface area contributed by atoms with Gasteiger partial charge in [0.15, 0.2) is 5.78 Å². The van der Waals surface area contributed by atoms with Crippen LogP contribution in [0.25, 0.3) is 10.9 Å². The first-order chi connectivity index (χ1) is 10.1. The summed E-state index contributed by atoms with van der Waals surface area (Å²) in [5.74, 6) is -1.84. The lowest BCUT2D eigenvalue weighted by Gasteiger charge is -2.27. The van der Waals surface area contributed by atoms with Crippen molar-refractivity contribution >= 4 is 28.4 Å². The van der Waals surface area contributed by atoms with E-state index >= 15 is 0 Å². The maximum absolute atomic E-state index is 13.0. The van der Waals surface area contributed by atoms with Gasteiger partial charge in [0.1, 0.15) is 12.0 Å². The van der Waals surface area contributed by atoms with E-state index in [1.165, 1.54) is 0 Å². The van der Waals surface area contributed by atoms with Crippen molar-refractivity contribution in [3.63, 3.8) is 0 Å². The first kappa shape index (κ1) is 12.3. The van der Waals surface area contributed by atoms with E-state index in [1.54, 1.807) is 0 Å². The molecule has 2 aromatic rings. The molecule has 0 N–H and O–H groups in total. The number of Topliss-reactive ketones (excluding diaryl/α,β-unsaturated/α-hetero) is 2. The monoisotopic (exact) mass is 283 g/mol. The molecule has 1 fully saturated rings. The number of carbonyl (C=O) groups is 3. The molecule has 1 unspecified atom stereocenters. The maximum atomic E-state index is 13.0. The third kappa shape index (κ3) is 1.33. The third-order valence-electron chi connectivity index (χ3n) is 4.75. The number of para-hydroxylation sites is 1. The predicted octanol–water partition coefficient (Wildman–Crippen LogP) is 1.42.